The summed E-state index contributed by atoms with van der Waals surface area (Å²) in [6, 6.07) is 10.3. The van der Waals surface area contributed by atoms with E-state index < -0.39 is 0 Å². The van der Waals surface area contributed by atoms with Crippen LogP contribution in [0.25, 0.3) is 5.82 Å². The number of nitrogens with one attached hydrogen (secondary N) is 1. The third-order valence-electron chi connectivity index (χ3n) is 3.32. The summed E-state index contributed by atoms with van der Waals surface area (Å²) in [6.45, 7) is 2.50. The van der Waals surface area contributed by atoms with Crippen molar-refractivity contribution < 1.29 is 9.53 Å². The predicted molar refractivity (Wildman–Crippen MR) is 94.3 cm³/mol. The maximum absolute atomic E-state index is 12.6. The van der Waals surface area contributed by atoms with Crippen LogP contribution in [0, 0.1) is 0 Å². The van der Waals surface area contributed by atoms with Crippen LogP contribution in [0.4, 0.5) is 5.69 Å². The molecule has 0 saturated heterocycles. The van der Waals surface area contributed by atoms with Gasteiger partial charge in [0.05, 0.1) is 17.3 Å². The molecule has 7 nitrogen and oxygen atoms in total. The number of halogens is 1. The normalized spacial score (nSPS) is 10.5. The van der Waals surface area contributed by atoms with Gasteiger partial charge in [0, 0.05) is 0 Å². The van der Waals surface area contributed by atoms with Gasteiger partial charge in [0.15, 0.2) is 5.75 Å². The molecule has 2 aromatic heterocycles. The average Bonchev–Trinajstić information content (AvgIpc) is 3.16. The topological polar surface area (TPSA) is 81.9 Å². The zero-order valence-electron chi connectivity index (χ0n) is 13.5. The standard InChI is InChI=1S/C17H16ClN5O2/c1-2-9-25-16-12(18)5-3-6-13(16)22-17(24)14-7-4-8-15(21-14)23-10-19-20-11-23/h3-8,10-11H,2,9H2,1H3,(H,22,24). The predicted octanol–water partition coefficient (Wildman–Crippen LogP) is 3.36. The molecule has 3 aromatic rings. The summed E-state index contributed by atoms with van der Waals surface area (Å²) < 4.78 is 7.27. The Bertz CT molecular complexity index is 867. The smallest absolute Gasteiger partial charge is 0.274 e. The molecule has 0 bridgehead atoms. The van der Waals surface area contributed by atoms with Crippen LogP contribution in [0.1, 0.15) is 23.8 Å². The number of rotatable bonds is 6. The number of hydrogen-bond donors (Lipinski definition) is 1. The van der Waals surface area contributed by atoms with Crippen molar-refractivity contribution in [3.8, 4) is 11.6 Å². The number of ether oxygens (including phenoxy) is 1. The van der Waals surface area contributed by atoms with E-state index >= 15 is 0 Å². The number of hydrogen-bond acceptors (Lipinski definition) is 5. The lowest BCUT2D eigenvalue weighted by Gasteiger charge is -2.13. The van der Waals surface area contributed by atoms with E-state index in [0.717, 1.165) is 6.42 Å². The quantitative estimate of drug-likeness (QED) is 0.731. The van der Waals surface area contributed by atoms with Gasteiger partial charge in [-0.05, 0) is 30.7 Å². The molecule has 0 aliphatic carbocycles. The highest BCUT2D eigenvalue weighted by atomic mass is 35.5. The molecule has 0 saturated carbocycles. The largest absolute Gasteiger partial charge is 0.490 e. The van der Waals surface area contributed by atoms with Crippen LogP contribution in [0.3, 0.4) is 0 Å². The molecule has 3 rings (SSSR count). The van der Waals surface area contributed by atoms with E-state index in [2.05, 4.69) is 20.5 Å². The van der Waals surface area contributed by atoms with Gasteiger partial charge in [-0.25, -0.2) is 4.98 Å². The Kier molecular flexibility index (Phi) is 5.25. The molecule has 25 heavy (non-hydrogen) atoms. The van der Waals surface area contributed by atoms with E-state index in [4.69, 9.17) is 16.3 Å². The van der Waals surface area contributed by atoms with Gasteiger partial charge in [-0.15, -0.1) is 10.2 Å². The van der Waals surface area contributed by atoms with Gasteiger partial charge in [-0.2, -0.15) is 0 Å². The zero-order valence-corrected chi connectivity index (χ0v) is 14.3. The Labute approximate surface area is 149 Å². The summed E-state index contributed by atoms with van der Waals surface area (Å²) in [5.74, 6) is 0.638. The molecule has 0 atom stereocenters. The Balaban J connectivity index is 1.83. The highest BCUT2D eigenvalue weighted by Gasteiger charge is 2.14. The lowest BCUT2D eigenvalue weighted by Crippen LogP contribution is -2.15. The lowest BCUT2D eigenvalue weighted by molar-refractivity contribution is 0.102. The molecule has 8 heteroatoms. The van der Waals surface area contributed by atoms with Crippen molar-refractivity contribution in [2.75, 3.05) is 11.9 Å². The SMILES string of the molecule is CCCOc1c(Cl)cccc1NC(=O)c1cccc(-n2cnnc2)n1. The fraction of sp³-hybridized carbons (Fsp3) is 0.176. The van der Waals surface area contributed by atoms with Gasteiger partial charge in [0.2, 0.25) is 0 Å². The highest BCUT2D eigenvalue weighted by molar-refractivity contribution is 6.32. The average molecular weight is 358 g/mol. The van der Waals surface area contributed by atoms with Crippen LogP contribution in [-0.2, 0) is 0 Å². The van der Waals surface area contributed by atoms with Crippen molar-refractivity contribution in [2.24, 2.45) is 0 Å². The molecule has 0 fully saturated rings. The van der Waals surface area contributed by atoms with E-state index in [0.29, 0.717) is 28.9 Å². The third-order valence-corrected chi connectivity index (χ3v) is 3.61. The summed E-state index contributed by atoms with van der Waals surface area (Å²) in [7, 11) is 0. The maximum Gasteiger partial charge on any atom is 0.274 e. The van der Waals surface area contributed by atoms with Crippen LogP contribution in [-0.4, -0.2) is 32.3 Å². The van der Waals surface area contributed by atoms with Gasteiger partial charge < -0.3 is 10.1 Å². The van der Waals surface area contributed by atoms with Gasteiger partial charge in [-0.3, -0.25) is 9.36 Å². The summed E-state index contributed by atoms with van der Waals surface area (Å²) in [5, 5.41) is 10.7. The van der Waals surface area contributed by atoms with Crippen LogP contribution in [0.5, 0.6) is 5.75 Å². The molecule has 128 valence electrons. The van der Waals surface area contributed by atoms with Crippen molar-refractivity contribution in [3.63, 3.8) is 0 Å². The summed E-state index contributed by atoms with van der Waals surface area (Å²) in [4.78, 5) is 16.9. The fourth-order valence-electron chi connectivity index (χ4n) is 2.16. The second kappa shape index (κ2) is 7.76. The fourth-order valence-corrected chi connectivity index (χ4v) is 2.39. The Morgan fingerprint density at radius 1 is 1.20 bits per heavy atom. The molecule has 0 spiro atoms. The van der Waals surface area contributed by atoms with Gasteiger partial charge in [0.1, 0.15) is 24.2 Å². The highest BCUT2D eigenvalue weighted by Crippen LogP contribution is 2.33. The first-order chi connectivity index (χ1) is 12.2. The molecule has 0 aliphatic heterocycles. The first kappa shape index (κ1) is 16.9. The lowest BCUT2D eigenvalue weighted by atomic mass is 10.2. The van der Waals surface area contributed by atoms with Crippen LogP contribution in [0.2, 0.25) is 5.02 Å². The van der Waals surface area contributed by atoms with Crippen molar-refractivity contribution in [2.45, 2.75) is 13.3 Å². The van der Waals surface area contributed by atoms with Crippen molar-refractivity contribution >= 4 is 23.2 Å². The molecule has 0 aliphatic rings. The number of pyridine rings is 1. The minimum Gasteiger partial charge on any atom is -0.490 e. The van der Waals surface area contributed by atoms with Gasteiger partial charge in [0.25, 0.3) is 5.91 Å². The Morgan fingerprint density at radius 2 is 1.96 bits per heavy atom. The molecule has 1 aromatic carbocycles. The Hall–Kier alpha value is -2.93. The van der Waals surface area contributed by atoms with Crippen LogP contribution in [0.15, 0.2) is 49.1 Å². The summed E-state index contributed by atoms with van der Waals surface area (Å²) >= 11 is 6.18. The molecule has 1 N–H and O–H groups in total. The Morgan fingerprint density at radius 3 is 2.72 bits per heavy atom. The molecular weight excluding hydrogens is 342 g/mol. The van der Waals surface area contributed by atoms with E-state index in [9.17, 15) is 4.79 Å². The number of anilines is 1. The zero-order chi connectivity index (χ0) is 17.6. The first-order valence-corrected chi connectivity index (χ1v) is 8.11. The second-order valence-corrected chi connectivity index (χ2v) is 5.58. The molecule has 1 amide bonds. The number of carbonyl (C=O) groups excluding carboxylic acids is 1. The first-order valence-electron chi connectivity index (χ1n) is 7.73. The van der Waals surface area contributed by atoms with Crippen LogP contribution < -0.4 is 10.1 Å². The van der Waals surface area contributed by atoms with E-state index in [1.54, 1.807) is 41.0 Å². The van der Waals surface area contributed by atoms with Crippen molar-refractivity contribution in [3.05, 3.63) is 59.8 Å². The van der Waals surface area contributed by atoms with E-state index in [1.807, 2.05) is 6.92 Å². The van der Waals surface area contributed by atoms with Crippen molar-refractivity contribution in [1.82, 2.24) is 19.7 Å². The minimum absolute atomic E-state index is 0.257. The van der Waals surface area contributed by atoms with Crippen LogP contribution >= 0.6 is 11.6 Å². The monoisotopic (exact) mass is 357 g/mol. The number of aromatic nitrogens is 4. The summed E-state index contributed by atoms with van der Waals surface area (Å²) in [6.07, 6.45) is 3.86. The molecule has 0 unspecified atom stereocenters. The van der Waals surface area contributed by atoms with E-state index in [1.165, 1.54) is 12.7 Å². The molecular formula is C17H16ClN5O2. The number of nitrogens with zero attached hydrogens (tertiary/aromatic N) is 4. The van der Waals surface area contributed by atoms with Gasteiger partial charge in [-0.1, -0.05) is 30.7 Å². The third kappa shape index (κ3) is 3.95. The summed E-state index contributed by atoms with van der Waals surface area (Å²) in [5.41, 5.74) is 0.759. The molecule has 0 radical (unpaired) electrons. The molecule has 2 heterocycles. The number of benzene rings is 1. The second-order valence-electron chi connectivity index (χ2n) is 5.17. The number of para-hydroxylation sites is 1. The number of carbonyl (C=O) groups is 1. The van der Waals surface area contributed by atoms with E-state index in [-0.39, 0.29) is 11.6 Å². The maximum atomic E-state index is 12.6. The van der Waals surface area contributed by atoms with Gasteiger partial charge >= 0.3 is 0 Å². The number of amides is 1. The van der Waals surface area contributed by atoms with Crippen molar-refractivity contribution in [1.29, 1.82) is 0 Å². The minimum atomic E-state index is -0.362.